The van der Waals surface area contributed by atoms with Crippen LogP contribution < -0.4 is 5.32 Å². The minimum Gasteiger partial charge on any atom is -0.349 e. The highest BCUT2D eigenvalue weighted by molar-refractivity contribution is 5.76. The summed E-state index contributed by atoms with van der Waals surface area (Å²) in [5, 5.41) is 3.34. The first-order valence-electron chi connectivity index (χ1n) is 11.3. The lowest BCUT2D eigenvalue weighted by atomic mass is 9.73. The average molecular weight is 371 g/mol. The molecule has 3 fully saturated rings. The fourth-order valence-corrected chi connectivity index (χ4v) is 6.93. The van der Waals surface area contributed by atoms with E-state index in [0.29, 0.717) is 6.42 Å². The molecule has 5 rings (SSSR count). The van der Waals surface area contributed by atoms with Crippen molar-refractivity contribution in [2.45, 2.75) is 82.2 Å². The number of amides is 1. The van der Waals surface area contributed by atoms with Crippen molar-refractivity contribution in [1.82, 2.24) is 10.2 Å². The van der Waals surface area contributed by atoms with E-state index in [1.165, 1.54) is 62.7 Å². The molecule has 1 spiro atoms. The molecule has 1 aromatic carbocycles. The van der Waals surface area contributed by atoms with E-state index < -0.39 is 0 Å². The van der Waals surface area contributed by atoms with E-state index in [1.807, 2.05) is 0 Å². The van der Waals surface area contributed by atoms with Gasteiger partial charge in [0.2, 0.25) is 5.91 Å². The quantitative estimate of drug-likeness (QED) is 0.803. The van der Waals surface area contributed by atoms with Crippen molar-refractivity contribution in [2.75, 3.05) is 13.1 Å². The van der Waals surface area contributed by atoms with Crippen LogP contribution in [0.3, 0.4) is 0 Å². The largest absolute Gasteiger partial charge is 0.349 e. The molecule has 4 aliphatic rings. The third-order valence-electron chi connectivity index (χ3n) is 8.24. The Hall–Kier alpha value is -1.35. The maximum absolute atomic E-state index is 12.3. The molecule has 1 N–H and O–H groups in total. The van der Waals surface area contributed by atoms with Gasteiger partial charge in [-0.2, -0.15) is 0 Å². The van der Waals surface area contributed by atoms with Gasteiger partial charge < -0.3 is 10.2 Å². The van der Waals surface area contributed by atoms with E-state index >= 15 is 0 Å². The van der Waals surface area contributed by atoms with E-state index in [9.17, 15) is 4.79 Å². The number of hydrogen-bond acceptors (Lipinski definition) is 2. The minimum absolute atomic E-state index is 0. The molecule has 1 heterocycles. The summed E-state index contributed by atoms with van der Waals surface area (Å²) in [6, 6.07) is 10.0. The van der Waals surface area contributed by atoms with Crippen molar-refractivity contribution in [3.63, 3.8) is 0 Å². The second-order valence-electron chi connectivity index (χ2n) is 9.72. The van der Waals surface area contributed by atoms with Crippen LogP contribution in [0.4, 0.5) is 0 Å². The number of rotatable bonds is 4. The van der Waals surface area contributed by atoms with Gasteiger partial charge in [0.25, 0.3) is 0 Å². The molecule has 0 radical (unpaired) electrons. The van der Waals surface area contributed by atoms with E-state index in [1.54, 1.807) is 0 Å². The summed E-state index contributed by atoms with van der Waals surface area (Å²) in [4.78, 5) is 15.1. The van der Waals surface area contributed by atoms with Gasteiger partial charge in [-0.05, 0) is 81.0 Å². The van der Waals surface area contributed by atoms with E-state index in [2.05, 4.69) is 41.4 Å². The number of nitrogens with zero attached hydrogens (tertiary/aromatic N) is 1. The fraction of sp³-hybridized carbons (Fsp3) is 0.708. The van der Waals surface area contributed by atoms with Crippen LogP contribution in [0.1, 0.15) is 84.7 Å². The lowest BCUT2D eigenvalue weighted by molar-refractivity contribution is -0.121. The number of carbonyl (C=O) groups excluding carboxylic acids is 1. The minimum atomic E-state index is 0. The summed E-state index contributed by atoms with van der Waals surface area (Å²) in [6.45, 7) is 4.57. The molecule has 3 aliphatic carbocycles. The Kier molecular flexibility index (Phi) is 4.54. The van der Waals surface area contributed by atoms with E-state index in [-0.39, 0.29) is 20.2 Å². The first-order valence-corrected chi connectivity index (χ1v) is 11.3. The molecule has 0 aromatic heterocycles. The molecule has 150 valence electrons. The third-order valence-corrected chi connectivity index (χ3v) is 8.24. The lowest BCUT2D eigenvalue weighted by Gasteiger charge is -2.44. The molecule has 1 aliphatic heterocycles. The molecular weight excluding hydrogens is 332 g/mol. The molecule has 3 heteroatoms. The maximum atomic E-state index is 12.3. The molecule has 1 saturated heterocycles. The summed E-state index contributed by atoms with van der Waals surface area (Å²) in [7, 11) is 0. The van der Waals surface area contributed by atoms with E-state index in [0.717, 1.165) is 30.7 Å². The summed E-state index contributed by atoms with van der Waals surface area (Å²) in [5.74, 6) is 2.23. The monoisotopic (exact) mass is 370 g/mol. The summed E-state index contributed by atoms with van der Waals surface area (Å²) in [5.41, 5.74) is 3.20. The Morgan fingerprint density at radius 2 is 2.04 bits per heavy atom. The van der Waals surface area contributed by atoms with Gasteiger partial charge in [-0.1, -0.05) is 37.6 Å². The van der Waals surface area contributed by atoms with Crippen LogP contribution in [0.5, 0.6) is 0 Å². The van der Waals surface area contributed by atoms with Crippen molar-refractivity contribution in [3.05, 3.63) is 35.4 Å². The molecule has 1 aromatic rings. The van der Waals surface area contributed by atoms with Crippen molar-refractivity contribution in [2.24, 2.45) is 11.8 Å². The molecule has 27 heavy (non-hydrogen) atoms. The number of fused-ring (bicyclic) bond motifs is 4. The van der Waals surface area contributed by atoms with Crippen LogP contribution in [0.15, 0.2) is 24.3 Å². The highest BCUT2D eigenvalue weighted by atomic mass is 16.1. The molecule has 2 bridgehead atoms. The zero-order valence-corrected chi connectivity index (χ0v) is 16.8. The normalized spacial score (nSPS) is 34.1. The molecule has 3 nitrogen and oxygen atoms in total. The zero-order valence-electron chi connectivity index (χ0n) is 16.8. The third kappa shape index (κ3) is 3.03. The Morgan fingerprint density at radius 3 is 2.74 bits per heavy atom. The molecule has 1 amide bonds. The fourth-order valence-electron chi connectivity index (χ4n) is 6.93. The second-order valence-corrected chi connectivity index (χ2v) is 9.72. The van der Waals surface area contributed by atoms with Crippen molar-refractivity contribution < 1.29 is 7.65 Å². The number of benzene rings is 1. The van der Waals surface area contributed by atoms with E-state index in [4.69, 9.17) is 0 Å². The van der Waals surface area contributed by atoms with Crippen LogP contribution in [-0.4, -0.2) is 29.9 Å². The van der Waals surface area contributed by atoms with Crippen molar-refractivity contribution in [1.29, 1.82) is 0 Å². The predicted molar refractivity (Wildman–Crippen MR) is 113 cm³/mol. The molecule has 1 unspecified atom stereocenters. The van der Waals surface area contributed by atoms with Crippen molar-refractivity contribution in [3.8, 4) is 0 Å². The van der Waals surface area contributed by atoms with Gasteiger partial charge in [0.1, 0.15) is 0 Å². The number of hydrogen-bond donors (Lipinski definition) is 1. The second kappa shape index (κ2) is 6.92. The van der Waals surface area contributed by atoms with Gasteiger partial charge in [0.05, 0.1) is 6.04 Å². The van der Waals surface area contributed by atoms with Gasteiger partial charge in [-0.25, -0.2) is 0 Å². The van der Waals surface area contributed by atoms with Gasteiger partial charge in [0.15, 0.2) is 0 Å². The Bertz CT molecular complexity index is 717. The zero-order chi connectivity index (χ0) is 18.4. The number of likely N-dealkylation sites (tertiary alicyclic amines) is 1. The first-order chi connectivity index (χ1) is 13.2. The Morgan fingerprint density at radius 1 is 1.22 bits per heavy atom. The predicted octanol–water partition coefficient (Wildman–Crippen LogP) is 5.06. The van der Waals surface area contributed by atoms with Crippen LogP contribution in [0.2, 0.25) is 0 Å². The Balaban J connectivity index is 0.00000120. The number of piperidine rings is 1. The van der Waals surface area contributed by atoms with Gasteiger partial charge in [0, 0.05) is 20.7 Å². The molecule has 2 saturated carbocycles. The summed E-state index contributed by atoms with van der Waals surface area (Å²) in [6.07, 6.45) is 11.1. The summed E-state index contributed by atoms with van der Waals surface area (Å²) >= 11 is 0. The van der Waals surface area contributed by atoms with Crippen LogP contribution in [-0.2, 0) is 10.2 Å². The lowest BCUT2D eigenvalue weighted by Crippen LogP contribution is -2.48. The topological polar surface area (TPSA) is 32.3 Å². The standard InChI is InChI=1S/C24H34N2O.2H2/c1-2-5-23(27)25-21-16-24(20-7-4-3-6-19(20)21)10-12-26(13-11-24)22-15-17-8-9-18(22)14-17;;/h3-4,6-7,17-18,21-22H,2,5,8-16H2,1H3,(H,25,27);2*1H/t17?,18-,21+,22-;;/m1../s1. The van der Waals surface area contributed by atoms with Crippen LogP contribution >= 0.6 is 0 Å². The number of carbonyl (C=O) groups is 1. The van der Waals surface area contributed by atoms with Gasteiger partial charge in [-0.3, -0.25) is 4.79 Å². The number of nitrogens with one attached hydrogen (secondary N) is 1. The smallest absolute Gasteiger partial charge is 0.220 e. The van der Waals surface area contributed by atoms with Gasteiger partial charge in [-0.15, -0.1) is 0 Å². The van der Waals surface area contributed by atoms with Crippen LogP contribution in [0, 0.1) is 11.8 Å². The molecular formula is C24H38N2O. The first kappa shape index (κ1) is 17.7. The van der Waals surface area contributed by atoms with Gasteiger partial charge >= 0.3 is 0 Å². The SMILES string of the molecule is CCCC(=O)N[C@H]1CC2(CCN([C@@H]3CC4CC[C@@H]3C4)CC2)c2ccccc21.[HH].[HH]. The molecule has 4 atom stereocenters. The highest BCUT2D eigenvalue weighted by Crippen LogP contribution is 2.53. The van der Waals surface area contributed by atoms with Crippen molar-refractivity contribution >= 4 is 5.91 Å². The summed E-state index contributed by atoms with van der Waals surface area (Å²) < 4.78 is 0. The maximum Gasteiger partial charge on any atom is 0.220 e. The average Bonchev–Trinajstić information content (AvgIpc) is 3.38. The Labute approximate surface area is 166 Å². The highest BCUT2D eigenvalue weighted by Gasteiger charge is 2.48. The van der Waals surface area contributed by atoms with Crippen LogP contribution in [0.25, 0.3) is 0 Å².